The Kier molecular flexibility index (Phi) is 4.58. The molecule has 3 heterocycles. The summed E-state index contributed by atoms with van der Waals surface area (Å²) in [5.74, 6) is 1.59. The lowest BCUT2D eigenvalue weighted by Crippen LogP contribution is -2.32. The van der Waals surface area contributed by atoms with E-state index in [0.29, 0.717) is 22.3 Å². The van der Waals surface area contributed by atoms with Crippen LogP contribution in [0, 0.1) is 5.82 Å². The van der Waals surface area contributed by atoms with Gasteiger partial charge in [0.25, 0.3) is 0 Å². The minimum absolute atomic E-state index is 0.343. The minimum Gasteiger partial charge on any atom is -0.497 e. The fraction of sp³-hybridized carbons (Fsp3) is 0.120. The number of halogens is 2. The molecule has 1 aromatic heterocycles. The van der Waals surface area contributed by atoms with E-state index in [0.717, 1.165) is 28.1 Å². The largest absolute Gasteiger partial charge is 0.497 e. The standard InChI is InChI=1S/C25H18ClFN4O2/c1-32-16-9-6-14(7-10-16)23-21-22(30-25-28-13-29-31(23)25)18-12-15(26)8-11-20(18)33-24(21)17-4-2-3-5-19(17)27/h2-13,23-24H,1H3,(H,28,29,30)/t23-,24+/m0/s1. The molecule has 0 saturated heterocycles. The summed E-state index contributed by atoms with van der Waals surface area (Å²) in [4.78, 5) is 4.40. The highest BCUT2D eigenvalue weighted by Crippen LogP contribution is 2.51. The van der Waals surface area contributed by atoms with Gasteiger partial charge in [-0.2, -0.15) is 10.1 Å². The van der Waals surface area contributed by atoms with Crippen molar-refractivity contribution in [3.63, 3.8) is 0 Å². The van der Waals surface area contributed by atoms with E-state index < -0.39 is 6.10 Å². The van der Waals surface area contributed by atoms with Gasteiger partial charge in [0.2, 0.25) is 5.95 Å². The number of benzene rings is 3. The number of nitrogens with one attached hydrogen (secondary N) is 1. The summed E-state index contributed by atoms with van der Waals surface area (Å²) in [6.45, 7) is 0. The molecule has 0 spiro atoms. The molecular formula is C25H18ClFN4O2. The number of nitrogens with zero attached hydrogens (tertiary/aromatic N) is 3. The molecule has 2 aliphatic rings. The molecular weight excluding hydrogens is 443 g/mol. The first kappa shape index (κ1) is 19.8. The Morgan fingerprint density at radius 3 is 2.70 bits per heavy atom. The van der Waals surface area contributed by atoms with Crippen molar-refractivity contribution in [1.29, 1.82) is 0 Å². The van der Waals surface area contributed by atoms with E-state index in [1.807, 2.05) is 30.3 Å². The Bertz CT molecular complexity index is 1400. The van der Waals surface area contributed by atoms with Gasteiger partial charge in [-0.05, 0) is 42.0 Å². The van der Waals surface area contributed by atoms with Gasteiger partial charge in [-0.1, -0.05) is 41.9 Å². The van der Waals surface area contributed by atoms with Crippen LogP contribution in [0.1, 0.15) is 28.8 Å². The van der Waals surface area contributed by atoms with Crippen LogP contribution in [0.4, 0.5) is 10.3 Å². The van der Waals surface area contributed by atoms with Gasteiger partial charge >= 0.3 is 0 Å². The van der Waals surface area contributed by atoms with Crippen molar-refractivity contribution in [2.24, 2.45) is 0 Å². The summed E-state index contributed by atoms with van der Waals surface area (Å²) in [5.41, 5.74) is 3.77. The van der Waals surface area contributed by atoms with Crippen molar-refractivity contribution in [3.8, 4) is 11.5 Å². The van der Waals surface area contributed by atoms with E-state index in [4.69, 9.17) is 21.1 Å². The van der Waals surface area contributed by atoms with Crippen molar-refractivity contribution in [3.05, 3.63) is 106 Å². The zero-order valence-corrected chi connectivity index (χ0v) is 18.3. The molecule has 0 unspecified atom stereocenters. The zero-order valence-electron chi connectivity index (χ0n) is 17.5. The lowest BCUT2D eigenvalue weighted by atomic mass is 9.84. The van der Waals surface area contributed by atoms with Crippen LogP contribution in [0.15, 0.2) is 78.6 Å². The molecule has 6 rings (SSSR count). The molecule has 33 heavy (non-hydrogen) atoms. The molecule has 4 aromatic rings. The highest BCUT2D eigenvalue weighted by molar-refractivity contribution is 6.30. The molecule has 8 heteroatoms. The van der Waals surface area contributed by atoms with Crippen LogP contribution < -0.4 is 14.8 Å². The molecule has 0 aliphatic carbocycles. The minimum atomic E-state index is -0.688. The fourth-order valence-electron chi connectivity index (χ4n) is 4.49. The Hall–Kier alpha value is -3.84. The van der Waals surface area contributed by atoms with Gasteiger partial charge in [-0.25, -0.2) is 9.07 Å². The third kappa shape index (κ3) is 3.15. The summed E-state index contributed by atoms with van der Waals surface area (Å²) in [7, 11) is 1.62. The molecule has 0 bridgehead atoms. The second-order valence-corrected chi connectivity index (χ2v) is 8.26. The maximum absolute atomic E-state index is 15.0. The molecule has 2 atom stereocenters. The van der Waals surface area contributed by atoms with Gasteiger partial charge in [0.15, 0.2) is 6.10 Å². The first-order chi connectivity index (χ1) is 16.1. The second kappa shape index (κ2) is 7.64. The van der Waals surface area contributed by atoms with Gasteiger partial charge < -0.3 is 14.8 Å². The predicted molar refractivity (Wildman–Crippen MR) is 123 cm³/mol. The van der Waals surface area contributed by atoms with E-state index in [1.165, 1.54) is 12.4 Å². The van der Waals surface area contributed by atoms with Crippen LogP contribution in [-0.4, -0.2) is 21.9 Å². The topological polar surface area (TPSA) is 61.2 Å². The van der Waals surface area contributed by atoms with Crippen molar-refractivity contribution >= 4 is 23.2 Å². The van der Waals surface area contributed by atoms with Gasteiger partial charge in [-0.3, -0.25) is 0 Å². The molecule has 1 N–H and O–H groups in total. The number of fused-ring (bicyclic) bond motifs is 3. The van der Waals surface area contributed by atoms with Gasteiger partial charge in [-0.15, -0.1) is 0 Å². The van der Waals surface area contributed by atoms with E-state index in [2.05, 4.69) is 15.4 Å². The Morgan fingerprint density at radius 1 is 1.09 bits per heavy atom. The summed E-state index contributed by atoms with van der Waals surface area (Å²) in [5, 5.41) is 8.43. The maximum atomic E-state index is 15.0. The summed E-state index contributed by atoms with van der Waals surface area (Å²) in [6.07, 6.45) is 0.807. The van der Waals surface area contributed by atoms with Crippen molar-refractivity contribution < 1.29 is 13.9 Å². The highest BCUT2D eigenvalue weighted by Gasteiger charge is 2.41. The van der Waals surface area contributed by atoms with Crippen LogP contribution in [0.25, 0.3) is 5.70 Å². The predicted octanol–water partition coefficient (Wildman–Crippen LogP) is 5.64. The molecule has 0 fully saturated rings. The molecule has 6 nitrogen and oxygen atoms in total. The lowest BCUT2D eigenvalue weighted by molar-refractivity contribution is 0.218. The average Bonchev–Trinajstić information content (AvgIpc) is 3.31. The third-order valence-electron chi connectivity index (χ3n) is 6.00. The lowest BCUT2D eigenvalue weighted by Gasteiger charge is -2.39. The Labute approximate surface area is 194 Å². The number of ether oxygens (including phenoxy) is 2. The van der Waals surface area contributed by atoms with Gasteiger partial charge in [0, 0.05) is 21.7 Å². The van der Waals surface area contributed by atoms with E-state index in [9.17, 15) is 0 Å². The van der Waals surface area contributed by atoms with Crippen LogP contribution in [0.3, 0.4) is 0 Å². The van der Waals surface area contributed by atoms with E-state index in [1.54, 1.807) is 42.1 Å². The van der Waals surface area contributed by atoms with Gasteiger partial charge in [0.1, 0.15) is 29.7 Å². The Morgan fingerprint density at radius 2 is 1.91 bits per heavy atom. The van der Waals surface area contributed by atoms with Crippen LogP contribution in [0.5, 0.6) is 11.5 Å². The SMILES string of the molecule is COc1ccc([C@H]2C3=C(Nc4ncnn42)c2cc(Cl)ccc2O[C@@H]3c2ccccc2F)cc1. The third-order valence-corrected chi connectivity index (χ3v) is 6.23. The zero-order chi connectivity index (χ0) is 22.5. The smallest absolute Gasteiger partial charge is 0.226 e. The van der Waals surface area contributed by atoms with E-state index >= 15 is 4.39 Å². The number of hydrogen-bond acceptors (Lipinski definition) is 5. The molecule has 2 aliphatic heterocycles. The van der Waals surface area contributed by atoms with Gasteiger partial charge in [0.05, 0.1) is 12.8 Å². The van der Waals surface area contributed by atoms with Crippen molar-refractivity contribution in [1.82, 2.24) is 14.8 Å². The van der Waals surface area contributed by atoms with E-state index in [-0.39, 0.29) is 11.9 Å². The molecule has 164 valence electrons. The monoisotopic (exact) mass is 460 g/mol. The fourth-order valence-corrected chi connectivity index (χ4v) is 4.67. The van der Waals surface area contributed by atoms with Crippen molar-refractivity contribution in [2.75, 3.05) is 12.4 Å². The van der Waals surface area contributed by atoms with Crippen LogP contribution in [-0.2, 0) is 0 Å². The molecule has 0 saturated carbocycles. The van der Waals surface area contributed by atoms with Crippen molar-refractivity contribution in [2.45, 2.75) is 12.1 Å². The van der Waals surface area contributed by atoms with Crippen LogP contribution in [0.2, 0.25) is 5.02 Å². The number of hydrogen-bond donors (Lipinski definition) is 1. The average molecular weight is 461 g/mol. The molecule has 0 radical (unpaired) electrons. The highest BCUT2D eigenvalue weighted by atomic mass is 35.5. The quantitative estimate of drug-likeness (QED) is 0.428. The molecule has 3 aromatic carbocycles. The summed E-state index contributed by atoms with van der Waals surface area (Å²) >= 11 is 6.34. The van der Waals surface area contributed by atoms with Crippen LogP contribution >= 0.6 is 11.6 Å². The number of anilines is 1. The molecule has 0 amide bonds. The normalized spacial score (nSPS) is 18.5. The number of methoxy groups -OCH3 is 1. The number of aromatic nitrogens is 3. The Balaban J connectivity index is 1.63. The first-order valence-electron chi connectivity index (χ1n) is 10.4. The first-order valence-corrected chi connectivity index (χ1v) is 10.8. The summed E-state index contributed by atoms with van der Waals surface area (Å²) in [6, 6.07) is 19.4. The number of rotatable bonds is 3. The summed E-state index contributed by atoms with van der Waals surface area (Å²) < 4.78 is 28.6. The second-order valence-electron chi connectivity index (χ2n) is 7.82. The maximum Gasteiger partial charge on any atom is 0.226 e.